The third kappa shape index (κ3) is 40.1. The van der Waals surface area contributed by atoms with E-state index in [-0.39, 0.29) is 0 Å². The number of hydrogen-bond acceptors (Lipinski definition) is 3. The standard InChI is InChI=1S/C19H40O.CH4O3S/c1-2-3-4-5-6-7-8-9-10-11-12-13-14-15-16-17-18-19-20;1-5(2,3)4/h20H,2-19H2,1H3;1H3,(H,2,3,4). The number of aliphatic hydroxyl groups excluding tert-OH is 1. The first-order valence-electron chi connectivity index (χ1n) is 10.4. The zero-order valence-electron chi connectivity index (χ0n) is 16.8. The van der Waals surface area contributed by atoms with E-state index in [2.05, 4.69) is 6.92 Å². The van der Waals surface area contributed by atoms with Gasteiger partial charge >= 0.3 is 0 Å². The van der Waals surface area contributed by atoms with E-state index in [0.717, 1.165) is 6.42 Å². The number of aliphatic hydroxyl groups is 1. The fourth-order valence-electron chi connectivity index (χ4n) is 2.84. The second kappa shape index (κ2) is 21.9. The lowest BCUT2D eigenvalue weighted by Crippen LogP contribution is -1.88. The van der Waals surface area contributed by atoms with Crippen molar-refractivity contribution in [3.05, 3.63) is 0 Å². The quantitative estimate of drug-likeness (QED) is 0.235. The Kier molecular flexibility index (Phi) is 23.7. The molecule has 0 atom stereocenters. The molecule has 0 fully saturated rings. The Balaban J connectivity index is 0. The summed E-state index contributed by atoms with van der Waals surface area (Å²) in [5, 5.41) is 8.68. The van der Waals surface area contributed by atoms with Gasteiger partial charge < -0.3 is 5.11 Å². The lowest BCUT2D eigenvalue weighted by Gasteiger charge is -2.03. The molecule has 4 nitrogen and oxygen atoms in total. The summed E-state index contributed by atoms with van der Waals surface area (Å²) in [4.78, 5) is 0. The maximum absolute atomic E-state index is 9.19. The molecule has 0 aromatic carbocycles. The molecule has 0 aromatic rings. The number of hydrogen-bond donors (Lipinski definition) is 2. The molecule has 0 unspecified atom stereocenters. The number of unbranched alkanes of at least 4 members (excludes halogenated alkanes) is 16. The molecule has 5 heteroatoms. The van der Waals surface area contributed by atoms with Crippen LogP contribution in [0.5, 0.6) is 0 Å². The van der Waals surface area contributed by atoms with E-state index < -0.39 is 10.1 Å². The predicted octanol–water partition coefficient (Wildman–Crippen LogP) is 6.13. The van der Waals surface area contributed by atoms with Gasteiger partial charge in [-0.3, -0.25) is 4.55 Å². The van der Waals surface area contributed by atoms with Crippen molar-refractivity contribution in [2.75, 3.05) is 12.9 Å². The van der Waals surface area contributed by atoms with Crippen LogP contribution in [0.25, 0.3) is 0 Å². The van der Waals surface area contributed by atoms with Gasteiger partial charge in [0.25, 0.3) is 10.1 Å². The Hall–Kier alpha value is -0.130. The highest BCUT2D eigenvalue weighted by molar-refractivity contribution is 7.85. The van der Waals surface area contributed by atoms with E-state index in [9.17, 15) is 8.42 Å². The van der Waals surface area contributed by atoms with Gasteiger partial charge in [0.15, 0.2) is 0 Å². The van der Waals surface area contributed by atoms with Crippen molar-refractivity contribution >= 4 is 10.1 Å². The summed E-state index contributed by atoms with van der Waals surface area (Å²) < 4.78 is 25.9. The van der Waals surface area contributed by atoms with Crippen LogP contribution in [-0.4, -0.2) is 30.9 Å². The average molecular weight is 381 g/mol. The van der Waals surface area contributed by atoms with Crippen LogP contribution in [0, 0.1) is 0 Å². The van der Waals surface area contributed by atoms with Crippen LogP contribution < -0.4 is 0 Å². The highest BCUT2D eigenvalue weighted by Gasteiger charge is 1.94. The van der Waals surface area contributed by atoms with Crippen molar-refractivity contribution in [3.8, 4) is 0 Å². The third-order valence-corrected chi connectivity index (χ3v) is 4.26. The molecule has 0 spiro atoms. The van der Waals surface area contributed by atoms with Crippen molar-refractivity contribution < 1.29 is 18.1 Å². The highest BCUT2D eigenvalue weighted by Crippen LogP contribution is 2.13. The van der Waals surface area contributed by atoms with Gasteiger partial charge in [-0.15, -0.1) is 0 Å². The van der Waals surface area contributed by atoms with E-state index >= 15 is 0 Å². The minimum Gasteiger partial charge on any atom is -0.396 e. The van der Waals surface area contributed by atoms with Crippen molar-refractivity contribution in [3.63, 3.8) is 0 Å². The normalized spacial score (nSPS) is 11.2. The average Bonchev–Trinajstić information content (AvgIpc) is 2.53. The highest BCUT2D eigenvalue weighted by atomic mass is 32.2. The smallest absolute Gasteiger partial charge is 0.261 e. The molecule has 0 heterocycles. The van der Waals surface area contributed by atoms with Crippen LogP contribution >= 0.6 is 0 Å². The molecular weight excluding hydrogens is 336 g/mol. The summed E-state index contributed by atoms with van der Waals surface area (Å²) in [6.45, 7) is 2.66. The molecule has 0 saturated heterocycles. The molecule has 0 aromatic heterocycles. The maximum atomic E-state index is 9.19. The molecule has 0 radical (unpaired) electrons. The predicted molar refractivity (Wildman–Crippen MR) is 109 cm³/mol. The molecule has 0 bridgehead atoms. The van der Waals surface area contributed by atoms with Gasteiger partial charge in [-0.2, -0.15) is 8.42 Å². The minimum absolute atomic E-state index is 0.374. The summed E-state index contributed by atoms with van der Waals surface area (Å²) >= 11 is 0. The summed E-state index contributed by atoms with van der Waals surface area (Å²) in [6.07, 6.45) is 24.4. The Morgan fingerprint density at radius 3 is 0.960 bits per heavy atom. The first-order valence-corrected chi connectivity index (χ1v) is 12.3. The van der Waals surface area contributed by atoms with Crippen LogP contribution in [0.2, 0.25) is 0 Å². The van der Waals surface area contributed by atoms with E-state index in [1.165, 1.54) is 103 Å². The molecule has 0 amide bonds. The lowest BCUT2D eigenvalue weighted by molar-refractivity contribution is 0.282. The molecular formula is C20H44O4S. The maximum Gasteiger partial charge on any atom is 0.261 e. The summed E-state index contributed by atoms with van der Waals surface area (Å²) in [5.74, 6) is 0. The van der Waals surface area contributed by atoms with Gasteiger partial charge in [-0.05, 0) is 6.42 Å². The van der Waals surface area contributed by atoms with Crippen molar-refractivity contribution in [1.82, 2.24) is 0 Å². The van der Waals surface area contributed by atoms with Gasteiger partial charge in [0.05, 0.1) is 6.26 Å². The molecule has 25 heavy (non-hydrogen) atoms. The fourth-order valence-corrected chi connectivity index (χ4v) is 2.84. The monoisotopic (exact) mass is 380 g/mol. The van der Waals surface area contributed by atoms with Crippen LogP contribution in [-0.2, 0) is 10.1 Å². The summed E-state index contributed by atoms with van der Waals surface area (Å²) in [6, 6.07) is 0. The zero-order valence-corrected chi connectivity index (χ0v) is 17.7. The second-order valence-corrected chi connectivity index (χ2v) is 8.58. The van der Waals surface area contributed by atoms with Crippen LogP contribution in [0.4, 0.5) is 0 Å². The van der Waals surface area contributed by atoms with Crippen LogP contribution in [0.3, 0.4) is 0 Å². The first kappa shape index (κ1) is 27.1. The molecule has 0 aliphatic carbocycles. The van der Waals surface area contributed by atoms with Crippen LogP contribution in [0.1, 0.15) is 116 Å². The van der Waals surface area contributed by atoms with E-state index in [0.29, 0.717) is 12.9 Å². The molecule has 0 aliphatic heterocycles. The summed E-state index contributed by atoms with van der Waals surface area (Å²) in [7, 11) is -3.67. The van der Waals surface area contributed by atoms with Gasteiger partial charge in [0, 0.05) is 6.61 Å². The Morgan fingerprint density at radius 1 is 0.560 bits per heavy atom. The van der Waals surface area contributed by atoms with E-state index in [1.54, 1.807) is 0 Å². The molecule has 0 saturated carbocycles. The molecule has 0 rings (SSSR count). The largest absolute Gasteiger partial charge is 0.396 e. The minimum atomic E-state index is -3.67. The van der Waals surface area contributed by atoms with Crippen molar-refractivity contribution in [2.45, 2.75) is 116 Å². The van der Waals surface area contributed by atoms with Crippen molar-refractivity contribution in [1.29, 1.82) is 0 Å². The Morgan fingerprint density at radius 2 is 0.760 bits per heavy atom. The van der Waals surface area contributed by atoms with Crippen LogP contribution in [0.15, 0.2) is 0 Å². The molecule has 2 N–H and O–H groups in total. The molecule has 154 valence electrons. The van der Waals surface area contributed by atoms with E-state index in [4.69, 9.17) is 9.66 Å². The number of rotatable bonds is 17. The Labute approximate surface area is 157 Å². The lowest BCUT2D eigenvalue weighted by atomic mass is 10.0. The summed E-state index contributed by atoms with van der Waals surface area (Å²) in [5.41, 5.74) is 0. The molecule has 0 aliphatic rings. The van der Waals surface area contributed by atoms with Crippen molar-refractivity contribution in [2.24, 2.45) is 0 Å². The Bertz CT molecular complexity index is 303. The van der Waals surface area contributed by atoms with Gasteiger partial charge in [-0.25, -0.2) is 0 Å². The second-order valence-electron chi connectivity index (χ2n) is 7.11. The zero-order chi connectivity index (χ0) is 19.2. The SMILES string of the molecule is CCCCCCCCCCCCCCCCCCCO.CS(=O)(=O)O. The fraction of sp³-hybridized carbons (Fsp3) is 1.00. The van der Waals surface area contributed by atoms with Gasteiger partial charge in [0.1, 0.15) is 0 Å². The van der Waals surface area contributed by atoms with E-state index in [1.807, 2.05) is 0 Å². The topological polar surface area (TPSA) is 74.6 Å². The van der Waals surface area contributed by atoms with Gasteiger partial charge in [-0.1, -0.05) is 110 Å². The van der Waals surface area contributed by atoms with Gasteiger partial charge in [0.2, 0.25) is 0 Å². The third-order valence-electron chi connectivity index (χ3n) is 4.26. The first-order chi connectivity index (χ1) is 11.9.